The summed E-state index contributed by atoms with van der Waals surface area (Å²) in [7, 11) is 0. The van der Waals surface area contributed by atoms with Crippen LogP contribution in [-0.2, 0) is 42.9 Å². The molecule has 1 heterocycles. The highest BCUT2D eigenvalue weighted by Gasteiger charge is 2.50. The lowest BCUT2D eigenvalue weighted by molar-refractivity contribution is -0.301. The molecular weight excluding hydrogens is 949 g/mol. The third-order valence-corrected chi connectivity index (χ3v) is 14.8. The van der Waals surface area contributed by atoms with Crippen molar-refractivity contribution in [3.05, 3.63) is 12.2 Å². The molecule has 1 aliphatic rings. The van der Waals surface area contributed by atoms with Crippen LogP contribution in [0, 0.1) is 0 Å². The van der Waals surface area contributed by atoms with Gasteiger partial charge in [-0.3, -0.25) is 14.4 Å². The monoisotopic (exact) mass is 1060 g/mol. The molecule has 3 N–H and O–H groups in total. The predicted molar refractivity (Wildman–Crippen MR) is 304 cm³/mol. The van der Waals surface area contributed by atoms with Crippen LogP contribution < -0.4 is 0 Å². The number of carboxylic acids is 1. The summed E-state index contributed by atoms with van der Waals surface area (Å²) >= 11 is 0. The number of aliphatic hydroxyl groups is 2. The molecule has 1 saturated heterocycles. The number of unbranched alkanes of at least 4 members (excludes halogenated alkanes) is 39. The number of hydrogen-bond donors (Lipinski definition) is 3. The predicted octanol–water partition coefficient (Wildman–Crippen LogP) is 16.5. The minimum Gasteiger partial charge on any atom is -0.479 e. The molecule has 0 amide bonds. The maximum Gasteiger partial charge on any atom is 0.335 e. The fourth-order valence-corrected chi connectivity index (χ4v) is 9.95. The van der Waals surface area contributed by atoms with Gasteiger partial charge in [0.2, 0.25) is 0 Å². The minimum absolute atomic E-state index is 0.0649. The number of allylic oxidation sites excluding steroid dienone is 2. The number of rotatable bonds is 55. The van der Waals surface area contributed by atoms with Gasteiger partial charge in [-0.1, -0.05) is 264 Å². The Morgan fingerprint density at radius 1 is 0.427 bits per heavy atom. The molecule has 6 atom stereocenters. The molecule has 1 aliphatic heterocycles. The van der Waals surface area contributed by atoms with E-state index in [1.165, 1.54) is 186 Å². The lowest BCUT2D eigenvalue weighted by atomic mass is 9.98. The standard InChI is InChI=1S/C63H116O12/c1-4-7-10-13-16-19-22-25-26-27-28-29-30-33-36-39-42-45-48-51-57(66)74-61-59(68)58(67)60(62(69)70)75-63(61)72-53-54(73-56(65)50-47-44-41-38-35-32-24-21-18-15-12-9-6-3)52-71-55(64)49-46-43-40-37-34-31-23-20-17-14-11-8-5-2/h25-26,54,58-61,63,67-68H,4-24,27-53H2,1-3H3,(H,69,70)/b26-25-. The van der Waals surface area contributed by atoms with Crippen LogP contribution in [0.1, 0.15) is 316 Å². The van der Waals surface area contributed by atoms with Gasteiger partial charge in [0.05, 0.1) is 6.61 Å². The zero-order valence-electron chi connectivity index (χ0n) is 48.6. The van der Waals surface area contributed by atoms with Crippen LogP contribution in [0.3, 0.4) is 0 Å². The first kappa shape index (κ1) is 70.5. The van der Waals surface area contributed by atoms with Gasteiger partial charge in [0.1, 0.15) is 18.8 Å². The Morgan fingerprint density at radius 3 is 1.13 bits per heavy atom. The zero-order chi connectivity index (χ0) is 54.7. The van der Waals surface area contributed by atoms with E-state index in [2.05, 4.69) is 32.9 Å². The van der Waals surface area contributed by atoms with Crippen molar-refractivity contribution in [1.82, 2.24) is 0 Å². The zero-order valence-corrected chi connectivity index (χ0v) is 48.6. The van der Waals surface area contributed by atoms with Crippen LogP contribution in [0.4, 0.5) is 0 Å². The van der Waals surface area contributed by atoms with Crippen LogP contribution in [0.5, 0.6) is 0 Å². The fraction of sp³-hybridized carbons (Fsp3) is 0.905. The SMILES string of the molecule is CCCCCCCC/C=C\CCCCCCCCCCCC(=O)OC1C(OCC(COC(=O)CCCCCCCCCCCCCCC)OC(=O)CCCCCCCCCCCCCCC)OC(C(=O)O)C(O)C1O. The summed E-state index contributed by atoms with van der Waals surface area (Å²) in [5, 5.41) is 31.5. The van der Waals surface area contributed by atoms with Gasteiger partial charge in [-0.2, -0.15) is 0 Å². The number of ether oxygens (including phenoxy) is 5. The summed E-state index contributed by atoms with van der Waals surface area (Å²) in [6, 6.07) is 0. The van der Waals surface area contributed by atoms with Crippen molar-refractivity contribution in [3.8, 4) is 0 Å². The summed E-state index contributed by atoms with van der Waals surface area (Å²) < 4.78 is 28.5. The molecule has 12 nitrogen and oxygen atoms in total. The van der Waals surface area contributed by atoms with E-state index in [1.807, 2.05) is 0 Å². The Balaban J connectivity index is 2.63. The molecule has 6 unspecified atom stereocenters. The highest BCUT2D eigenvalue weighted by atomic mass is 16.7. The first-order chi connectivity index (χ1) is 36.6. The van der Waals surface area contributed by atoms with Gasteiger partial charge in [0, 0.05) is 19.3 Å². The Hall–Kier alpha value is -2.54. The smallest absolute Gasteiger partial charge is 0.335 e. The number of aliphatic carboxylic acids is 1. The maximum atomic E-state index is 13.1. The Bertz CT molecular complexity index is 1360. The molecule has 0 aromatic carbocycles. The largest absolute Gasteiger partial charge is 0.479 e. The van der Waals surface area contributed by atoms with Gasteiger partial charge in [-0.25, -0.2) is 4.79 Å². The number of carbonyl (C=O) groups is 4. The average molecular weight is 1070 g/mol. The lowest BCUT2D eigenvalue weighted by Gasteiger charge is -2.40. The summed E-state index contributed by atoms with van der Waals surface area (Å²) in [6.07, 6.45) is 46.0. The van der Waals surface area contributed by atoms with E-state index in [9.17, 15) is 34.5 Å². The van der Waals surface area contributed by atoms with Crippen molar-refractivity contribution in [3.63, 3.8) is 0 Å². The first-order valence-corrected chi connectivity index (χ1v) is 31.7. The van der Waals surface area contributed by atoms with E-state index >= 15 is 0 Å². The van der Waals surface area contributed by atoms with Crippen LogP contribution in [-0.4, -0.2) is 89.2 Å². The molecule has 0 bridgehead atoms. The Morgan fingerprint density at radius 2 is 0.760 bits per heavy atom. The molecule has 0 spiro atoms. The van der Waals surface area contributed by atoms with Crippen LogP contribution in [0.2, 0.25) is 0 Å². The molecule has 0 aromatic rings. The van der Waals surface area contributed by atoms with Crippen LogP contribution in [0.15, 0.2) is 12.2 Å². The Kier molecular flexibility index (Phi) is 49.0. The summed E-state index contributed by atoms with van der Waals surface area (Å²) in [6.45, 7) is 6.03. The summed E-state index contributed by atoms with van der Waals surface area (Å²) in [4.78, 5) is 51.2. The normalized spacial score (nSPS) is 18.1. The van der Waals surface area contributed by atoms with Gasteiger partial charge >= 0.3 is 23.9 Å². The van der Waals surface area contributed by atoms with Crippen molar-refractivity contribution in [2.45, 2.75) is 353 Å². The summed E-state index contributed by atoms with van der Waals surface area (Å²) in [5.74, 6) is -3.08. The number of esters is 3. The highest BCUT2D eigenvalue weighted by Crippen LogP contribution is 2.27. The third-order valence-electron chi connectivity index (χ3n) is 14.8. The van der Waals surface area contributed by atoms with Crippen LogP contribution >= 0.6 is 0 Å². The maximum absolute atomic E-state index is 13.1. The molecule has 12 heteroatoms. The third kappa shape index (κ3) is 42.1. The second kappa shape index (κ2) is 52.2. The average Bonchev–Trinajstić information content (AvgIpc) is 3.39. The van der Waals surface area contributed by atoms with Gasteiger partial charge in [-0.05, 0) is 44.9 Å². The molecule has 1 rings (SSSR count). The second-order valence-electron chi connectivity index (χ2n) is 22.1. The first-order valence-electron chi connectivity index (χ1n) is 31.7. The van der Waals surface area contributed by atoms with Crippen molar-refractivity contribution >= 4 is 23.9 Å². The van der Waals surface area contributed by atoms with E-state index in [0.717, 1.165) is 70.6 Å². The molecular formula is C63H116O12. The fourth-order valence-electron chi connectivity index (χ4n) is 9.95. The highest BCUT2D eigenvalue weighted by molar-refractivity contribution is 5.74. The van der Waals surface area contributed by atoms with Gasteiger partial charge in [0.25, 0.3) is 0 Å². The van der Waals surface area contributed by atoms with Crippen molar-refractivity contribution < 1.29 is 58.2 Å². The molecule has 0 radical (unpaired) electrons. The van der Waals surface area contributed by atoms with E-state index in [4.69, 9.17) is 23.7 Å². The van der Waals surface area contributed by atoms with Gasteiger partial charge in [0.15, 0.2) is 24.6 Å². The summed E-state index contributed by atoms with van der Waals surface area (Å²) in [5.41, 5.74) is 0. The van der Waals surface area contributed by atoms with E-state index in [-0.39, 0.29) is 25.9 Å². The van der Waals surface area contributed by atoms with Gasteiger partial charge in [-0.15, -0.1) is 0 Å². The lowest BCUT2D eigenvalue weighted by Crippen LogP contribution is -2.61. The minimum atomic E-state index is -1.90. The van der Waals surface area contributed by atoms with Crippen molar-refractivity contribution in [2.75, 3.05) is 13.2 Å². The van der Waals surface area contributed by atoms with Gasteiger partial charge < -0.3 is 39.0 Å². The number of carbonyl (C=O) groups excluding carboxylic acids is 3. The Labute approximate surface area is 458 Å². The van der Waals surface area contributed by atoms with Crippen molar-refractivity contribution in [1.29, 1.82) is 0 Å². The molecule has 440 valence electrons. The molecule has 0 aromatic heterocycles. The molecule has 75 heavy (non-hydrogen) atoms. The van der Waals surface area contributed by atoms with Crippen LogP contribution in [0.25, 0.3) is 0 Å². The molecule has 1 fully saturated rings. The second-order valence-corrected chi connectivity index (χ2v) is 22.1. The van der Waals surface area contributed by atoms with E-state index < -0.39 is 67.3 Å². The number of aliphatic hydroxyl groups excluding tert-OH is 2. The molecule has 0 aliphatic carbocycles. The quantitative estimate of drug-likeness (QED) is 0.0228. The molecule has 0 saturated carbocycles. The van der Waals surface area contributed by atoms with E-state index in [1.54, 1.807) is 0 Å². The number of hydrogen-bond acceptors (Lipinski definition) is 11. The topological polar surface area (TPSA) is 175 Å². The van der Waals surface area contributed by atoms with Crippen molar-refractivity contribution in [2.24, 2.45) is 0 Å². The number of carboxylic acid groups (broad SMARTS) is 1. The van der Waals surface area contributed by atoms with E-state index in [0.29, 0.717) is 19.3 Å².